The first kappa shape index (κ1) is 16.5. The van der Waals surface area contributed by atoms with Gasteiger partial charge in [0.05, 0.1) is 5.75 Å². The normalized spacial score (nSPS) is 17.3. The molecular weight excluding hydrogens is 328 g/mol. The summed E-state index contributed by atoms with van der Waals surface area (Å²) in [6, 6.07) is 9.58. The zero-order chi connectivity index (χ0) is 16.9. The average molecular weight is 346 g/mol. The molecule has 2 amide bonds. The van der Waals surface area contributed by atoms with E-state index in [1.165, 1.54) is 11.8 Å². The minimum atomic E-state index is -0.110. The Hall–Kier alpha value is -2.35. The molecule has 3 rings (SSSR count). The molecule has 2 heterocycles. The molecule has 1 aliphatic rings. The minimum Gasteiger partial charge on any atom is -0.416 e. The number of amides is 2. The second kappa shape index (κ2) is 7.48. The highest BCUT2D eigenvalue weighted by molar-refractivity contribution is 7.99. The van der Waals surface area contributed by atoms with Crippen LogP contribution in [0.3, 0.4) is 0 Å². The Morgan fingerprint density at radius 3 is 2.88 bits per heavy atom. The number of nitrogens with zero attached hydrogens (tertiary/aromatic N) is 3. The van der Waals surface area contributed by atoms with Crippen LogP contribution in [0.4, 0.5) is 5.69 Å². The van der Waals surface area contributed by atoms with Crippen LogP contribution in [0, 0.1) is 12.8 Å². The first-order chi connectivity index (χ1) is 11.6. The number of aromatic nitrogens is 2. The number of hydrogen-bond acceptors (Lipinski definition) is 6. The number of carbonyl (C=O) groups excluding carboxylic acids is 2. The lowest BCUT2D eigenvalue weighted by Crippen LogP contribution is -2.32. The number of nitrogens with one attached hydrogen (secondary N) is 1. The Morgan fingerprint density at radius 1 is 1.38 bits per heavy atom. The number of hydrogen-bond donors (Lipinski definition) is 1. The molecular formula is C16H18N4O3S. The van der Waals surface area contributed by atoms with E-state index >= 15 is 0 Å². The van der Waals surface area contributed by atoms with Crippen LogP contribution in [0.5, 0.6) is 0 Å². The summed E-state index contributed by atoms with van der Waals surface area (Å²) < 4.78 is 5.20. The van der Waals surface area contributed by atoms with Crippen LogP contribution in [0.25, 0.3) is 0 Å². The van der Waals surface area contributed by atoms with Crippen molar-refractivity contribution in [2.45, 2.75) is 18.6 Å². The van der Waals surface area contributed by atoms with E-state index in [-0.39, 0.29) is 23.5 Å². The number of thioether (sulfide) groups is 1. The topological polar surface area (TPSA) is 88.3 Å². The van der Waals surface area contributed by atoms with E-state index in [0.717, 1.165) is 5.69 Å². The summed E-state index contributed by atoms with van der Waals surface area (Å²) in [5.41, 5.74) is 0.902. The van der Waals surface area contributed by atoms with Gasteiger partial charge in [0.2, 0.25) is 17.7 Å². The minimum absolute atomic E-state index is 0.0937. The Labute approximate surface area is 143 Å². The first-order valence-corrected chi connectivity index (χ1v) is 8.65. The fraction of sp³-hybridized carbons (Fsp3) is 0.375. The molecule has 126 valence electrons. The summed E-state index contributed by atoms with van der Waals surface area (Å²) in [4.78, 5) is 25.8. The number of anilines is 1. The van der Waals surface area contributed by atoms with Crippen molar-refractivity contribution < 1.29 is 14.0 Å². The summed E-state index contributed by atoms with van der Waals surface area (Å²) in [5.74, 6) is 0.795. The van der Waals surface area contributed by atoms with Crippen molar-refractivity contribution in [1.82, 2.24) is 15.5 Å². The summed E-state index contributed by atoms with van der Waals surface area (Å²) in [6.45, 7) is 2.81. The highest BCUT2D eigenvalue weighted by Gasteiger charge is 2.30. The van der Waals surface area contributed by atoms with Crippen LogP contribution in [0.2, 0.25) is 0 Å². The van der Waals surface area contributed by atoms with Crippen molar-refractivity contribution in [2.75, 3.05) is 23.7 Å². The highest BCUT2D eigenvalue weighted by atomic mass is 32.2. The maximum Gasteiger partial charge on any atom is 0.277 e. The summed E-state index contributed by atoms with van der Waals surface area (Å²) in [7, 11) is 0. The number of para-hydroxylation sites is 1. The molecule has 0 saturated carbocycles. The number of aryl methyl sites for hydroxylation is 1. The smallest absolute Gasteiger partial charge is 0.277 e. The third kappa shape index (κ3) is 4.14. The van der Waals surface area contributed by atoms with Gasteiger partial charge in [-0.1, -0.05) is 30.0 Å². The van der Waals surface area contributed by atoms with Crippen LogP contribution in [-0.2, 0) is 9.59 Å². The van der Waals surface area contributed by atoms with Gasteiger partial charge in [0.1, 0.15) is 0 Å². The predicted molar refractivity (Wildman–Crippen MR) is 89.7 cm³/mol. The fourth-order valence-corrected chi connectivity index (χ4v) is 3.18. The van der Waals surface area contributed by atoms with Gasteiger partial charge in [-0.05, 0) is 12.1 Å². The standard InChI is InChI=1S/C16H18N4O3S/c1-11-18-19-16(23-11)24-10-14(21)17-8-12-7-15(22)20(9-12)13-5-3-2-4-6-13/h2-6,12H,7-10H2,1H3,(H,17,21). The molecule has 0 spiro atoms. The van der Waals surface area contributed by atoms with Crippen molar-refractivity contribution in [3.8, 4) is 0 Å². The lowest BCUT2D eigenvalue weighted by molar-refractivity contribution is -0.119. The molecule has 1 aromatic carbocycles. The molecule has 0 radical (unpaired) electrons. The first-order valence-electron chi connectivity index (χ1n) is 7.67. The molecule has 0 aliphatic carbocycles. The zero-order valence-electron chi connectivity index (χ0n) is 13.3. The van der Waals surface area contributed by atoms with E-state index < -0.39 is 0 Å². The number of carbonyl (C=O) groups is 2. The monoisotopic (exact) mass is 346 g/mol. The summed E-state index contributed by atoms with van der Waals surface area (Å²) in [5, 5.41) is 10.8. The molecule has 8 heteroatoms. The third-order valence-corrected chi connectivity index (χ3v) is 4.51. The van der Waals surface area contributed by atoms with Crippen LogP contribution < -0.4 is 10.2 Å². The summed E-state index contributed by atoms with van der Waals surface area (Å²) in [6.07, 6.45) is 0.450. The van der Waals surface area contributed by atoms with E-state index in [2.05, 4.69) is 15.5 Å². The highest BCUT2D eigenvalue weighted by Crippen LogP contribution is 2.24. The summed E-state index contributed by atoms with van der Waals surface area (Å²) >= 11 is 1.20. The predicted octanol–water partition coefficient (Wildman–Crippen LogP) is 1.64. The van der Waals surface area contributed by atoms with Gasteiger partial charge in [-0.15, -0.1) is 10.2 Å². The van der Waals surface area contributed by atoms with Gasteiger partial charge >= 0.3 is 0 Å². The average Bonchev–Trinajstić information content (AvgIpc) is 3.17. The largest absolute Gasteiger partial charge is 0.416 e. The molecule has 1 aromatic heterocycles. The molecule has 1 fully saturated rings. The molecule has 1 N–H and O–H groups in total. The van der Waals surface area contributed by atoms with Crippen molar-refractivity contribution in [1.29, 1.82) is 0 Å². The fourth-order valence-electron chi connectivity index (χ4n) is 2.55. The Bertz CT molecular complexity index is 719. The molecule has 1 aliphatic heterocycles. The maximum atomic E-state index is 12.1. The van der Waals surface area contributed by atoms with Gasteiger partial charge in [-0.3, -0.25) is 9.59 Å². The molecule has 1 unspecified atom stereocenters. The second-order valence-corrected chi connectivity index (χ2v) is 6.52. The number of rotatable bonds is 6. The third-order valence-electron chi connectivity index (χ3n) is 3.70. The van der Waals surface area contributed by atoms with Gasteiger partial charge in [-0.25, -0.2) is 0 Å². The SMILES string of the molecule is Cc1nnc(SCC(=O)NCC2CC(=O)N(c3ccccc3)C2)o1. The molecule has 24 heavy (non-hydrogen) atoms. The second-order valence-electron chi connectivity index (χ2n) is 5.59. The molecule has 7 nitrogen and oxygen atoms in total. The van der Waals surface area contributed by atoms with Gasteiger partial charge in [0, 0.05) is 38.0 Å². The molecule has 2 aromatic rings. The lowest BCUT2D eigenvalue weighted by Gasteiger charge is -2.16. The van der Waals surface area contributed by atoms with Crippen LogP contribution in [0.15, 0.2) is 40.0 Å². The van der Waals surface area contributed by atoms with Crippen molar-refractivity contribution in [3.63, 3.8) is 0 Å². The van der Waals surface area contributed by atoms with Crippen molar-refractivity contribution >= 4 is 29.3 Å². The van der Waals surface area contributed by atoms with E-state index in [4.69, 9.17) is 4.42 Å². The van der Waals surface area contributed by atoms with Crippen LogP contribution >= 0.6 is 11.8 Å². The van der Waals surface area contributed by atoms with Gasteiger partial charge in [0.15, 0.2) is 0 Å². The van der Waals surface area contributed by atoms with Gasteiger partial charge in [0.25, 0.3) is 5.22 Å². The van der Waals surface area contributed by atoms with E-state index in [1.54, 1.807) is 11.8 Å². The Morgan fingerprint density at radius 2 is 2.17 bits per heavy atom. The van der Waals surface area contributed by atoms with Crippen LogP contribution in [-0.4, -0.2) is 40.9 Å². The van der Waals surface area contributed by atoms with Crippen molar-refractivity contribution in [3.05, 3.63) is 36.2 Å². The molecule has 1 atom stereocenters. The Balaban J connectivity index is 1.44. The van der Waals surface area contributed by atoms with E-state index in [0.29, 0.717) is 30.6 Å². The van der Waals surface area contributed by atoms with E-state index in [9.17, 15) is 9.59 Å². The number of benzene rings is 1. The lowest BCUT2D eigenvalue weighted by atomic mass is 10.1. The Kier molecular flexibility index (Phi) is 5.14. The quantitative estimate of drug-likeness (QED) is 0.800. The van der Waals surface area contributed by atoms with Crippen molar-refractivity contribution in [2.24, 2.45) is 5.92 Å². The molecule has 1 saturated heterocycles. The van der Waals surface area contributed by atoms with E-state index in [1.807, 2.05) is 30.3 Å². The maximum absolute atomic E-state index is 12.1. The van der Waals surface area contributed by atoms with Gasteiger partial charge < -0.3 is 14.6 Å². The zero-order valence-corrected chi connectivity index (χ0v) is 14.1. The van der Waals surface area contributed by atoms with Gasteiger partial charge in [-0.2, -0.15) is 0 Å². The molecule has 0 bridgehead atoms. The van der Waals surface area contributed by atoms with Crippen LogP contribution in [0.1, 0.15) is 12.3 Å².